The molecule has 0 atom stereocenters. The van der Waals surface area contributed by atoms with Crippen LogP contribution in [0.15, 0.2) is 12.3 Å². The van der Waals surface area contributed by atoms with Crippen LogP contribution in [0.1, 0.15) is 59.2 Å². The van der Waals surface area contributed by atoms with E-state index in [1.165, 1.54) is 0 Å². The summed E-state index contributed by atoms with van der Waals surface area (Å²) in [4.78, 5) is 9.19. The summed E-state index contributed by atoms with van der Waals surface area (Å²) in [6, 6.07) is 1.92. The van der Waals surface area contributed by atoms with Gasteiger partial charge in [-0.15, -0.1) is 0 Å². The Morgan fingerprint density at radius 1 is 1.20 bits per heavy atom. The van der Waals surface area contributed by atoms with E-state index in [2.05, 4.69) is 43.0 Å². The molecule has 1 aromatic rings. The van der Waals surface area contributed by atoms with Crippen molar-refractivity contribution >= 4 is 5.82 Å². The van der Waals surface area contributed by atoms with E-state index in [0.29, 0.717) is 12.0 Å². The van der Waals surface area contributed by atoms with E-state index in [9.17, 15) is 0 Å². The molecule has 0 spiro atoms. The second-order valence-electron chi connectivity index (χ2n) is 6.39. The first-order chi connectivity index (χ1) is 9.51. The van der Waals surface area contributed by atoms with E-state index in [1.54, 1.807) is 0 Å². The number of rotatable bonds is 5. The van der Waals surface area contributed by atoms with Gasteiger partial charge in [0.2, 0.25) is 0 Å². The third-order valence-electron chi connectivity index (χ3n) is 4.25. The first-order valence-corrected chi connectivity index (χ1v) is 7.73. The fourth-order valence-electron chi connectivity index (χ4n) is 2.90. The van der Waals surface area contributed by atoms with Gasteiger partial charge >= 0.3 is 0 Å². The van der Waals surface area contributed by atoms with Gasteiger partial charge in [0.05, 0.1) is 0 Å². The Kier molecular flexibility index (Phi) is 4.63. The van der Waals surface area contributed by atoms with Crippen LogP contribution in [0.3, 0.4) is 0 Å². The molecule has 4 heteroatoms. The molecule has 1 aliphatic carbocycles. The van der Waals surface area contributed by atoms with Gasteiger partial charge in [0.1, 0.15) is 11.4 Å². The van der Waals surface area contributed by atoms with E-state index >= 15 is 0 Å². The Hall–Kier alpha value is -1.16. The molecule has 1 aliphatic rings. The van der Waals surface area contributed by atoms with Crippen LogP contribution in [-0.4, -0.2) is 23.1 Å². The molecule has 0 amide bonds. The largest absolute Gasteiger partial charge is 0.370 e. The molecule has 4 nitrogen and oxygen atoms in total. The molecular weight excluding hydrogens is 250 g/mol. The molecule has 0 saturated heterocycles. The summed E-state index contributed by atoms with van der Waals surface area (Å²) < 4.78 is 6.13. The minimum absolute atomic E-state index is 0.296. The Morgan fingerprint density at radius 3 is 2.50 bits per heavy atom. The lowest BCUT2D eigenvalue weighted by atomic mass is 9.70. The number of nitrogens with one attached hydrogen (secondary N) is 1. The molecule has 0 unspecified atom stereocenters. The summed E-state index contributed by atoms with van der Waals surface area (Å²) in [6.07, 6.45) is 6.15. The Balaban J connectivity index is 2.26. The summed E-state index contributed by atoms with van der Waals surface area (Å²) in [6.45, 7) is 10.4. The first-order valence-electron chi connectivity index (χ1n) is 7.73. The molecule has 1 saturated carbocycles. The van der Waals surface area contributed by atoms with E-state index in [-0.39, 0.29) is 5.60 Å². The molecule has 0 aromatic carbocycles. The van der Waals surface area contributed by atoms with Crippen molar-refractivity contribution in [3.8, 4) is 0 Å². The molecule has 1 heterocycles. The second-order valence-corrected chi connectivity index (χ2v) is 6.39. The first kappa shape index (κ1) is 15.2. The van der Waals surface area contributed by atoms with Gasteiger partial charge in [-0.05, 0) is 51.0 Å². The maximum absolute atomic E-state index is 6.13. The molecule has 1 fully saturated rings. The Labute approximate surface area is 122 Å². The number of hydrogen-bond acceptors (Lipinski definition) is 4. The van der Waals surface area contributed by atoms with Crippen LogP contribution >= 0.6 is 0 Å². The molecule has 0 radical (unpaired) electrons. The highest BCUT2D eigenvalue weighted by atomic mass is 16.5. The van der Waals surface area contributed by atoms with Gasteiger partial charge in [0.25, 0.3) is 0 Å². The normalized spacial score (nSPS) is 20.6. The maximum Gasteiger partial charge on any atom is 0.162 e. The van der Waals surface area contributed by atoms with Crippen LogP contribution in [0.2, 0.25) is 0 Å². The molecule has 112 valence electrons. The van der Waals surface area contributed by atoms with Crippen LogP contribution in [0.25, 0.3) is 0 Å². The molecule has 0 aliphatic heterocycles. The van der Waals surface area contributed by atoms with Crippen LogP contribution in [0, 0.1) is 5.41 Å². The minimum Gasteiger partial charge on any atom is -0.370 e. The van der Waals surface area contributed by atoms with Gasteiger partial charge in [-0.1, -0.05) is 13.8 Å². The zero-order valence-electron chi connectivity index (χ0n) is 13.2. The Morgan fingerprint density at radius 2 is 1.90 bits per heavy atom. The van der Waals surface area contributed by atoms with Gasteiger partial charge in [-0.2, -0.15) is 0 Å². The fourth-order valence-corrected chi connectivity index (χ4v) is 2.90. The molecule has 2 rings (SSSR count). The maximum atomic E-state index is 6.13. The minimum atomic E-state index is -0.296. The number of hydrogen-bond donors (Lipinski definition) is 1. The quantitative estimate of drug-likeness (QED) is 0.890. The number of ether oxygens (including phenoxy) is 1. The lowest BCUT2D eigenvalue weighted by molar-refractivity contribution is -0.0947. The third kappa shape index (κ3) is 3.29. The molecule has 0 bridgehead atoms. The van der Waals surface area contributed by atoms with Crippen LogP contribution in [-0.2, 0) is 10.3 Å². The number of anilines is 1. The summed E-state index contributed by atoms with van der Waals surface area (Å²) in [7, 11) is 0. The van der Waals surface area contributed by atoms with Gasteiger partial charge in [0.15, 0.2) is 5.82 Å². The van der Waals surface area contributed by atoms with Crippen molar-refractivity contribution in [2.75, 3.05) is 18.5 Å². The highest BCUT2D eigenvalue weighted by Gasteiger charge is 2.42. The molecule has 20 heavy (non-hydrogen) atoms. The summed E-state index contributed by atoms with van der Waals surface area (Å²) in [5.41, 5.74) is 0.107. The topological polar surface area (TPSA) is 47.0 Å². The lowest BCUT2D eigenvalue weighted by Gasteiger charge is -2.42. The average molecular weight is 277 g/mol. The fraction of sp³-hybridized carbons (Fsp3) is 0.750. The van der Waals surface area contributed by atoms with Crippen molar-refractivity contribution < 1.29 is 4.74 Å². The predicted octanol–water partition coefficient (Wildman–Crippen LogP) is 3.74. The van der Waals surface area contributed by atoms with Crippen molar-refractivity contribution in [2.24, 2.45) is 5.41 Å². The summed E-state index contributed by atoms with van der Waals surface area (Å²) in [5.74, 6) is 1.73. The zero-order valence-corrected chi connectivity index (χ0v) is 13.2. The molecular formula is C16H27N3O. The van der Waals surface area contributed by atoms with Crippen molar-refractivity contribution in [1.29, 1.82) is 0 Å². The van der Waals surface area contributed by atoms with Crippen LogP contribution < -0.4 is 5.32 Å². The Bertz CT molecular complexity index is 435. The van der Waals surface area contributed by atoms with E-state index in [0.717, 1.165) is 43.9 Å². The highest BCUT2D eigenvalue weighted by molar-refractivity contribution is 5.33. The van der Waals surface area contributed by atoms with Crippen molar-refractivity contribution in [3.63, 3.8) is 0 Å². The van der Waals surface area contributed by atoms with E-state index < -0.39 is 0 Å². The smallest absolute Gasteiger partial charge is 0.162 e. The van der Waals surface area contributed by atoms with Crippen LogP contribution in [0.4, 0.5) is 5.82 Å². The number of nitrogens with zero attached hydrogens (tertiary/aromatic N) is 2. The number of aromatic nitrogens is 2. The standard InChI is InChI=1S/C16H27N3O/c1-5-17-13-7-12-18-14(19-13)16(20-6-2)10-8-15(3,4)9-11-16/h7,12H,5-6,8-11H2,1-4H3,(H,17,18,19). The van der Waals surface area contributed by atoms with Gasteiger partial charge in [0, 0.05) is 19.3 Å². The van der Waals surface area contributed by atoms with Crippen molar-refractivity contribution in [1.82, 2.24) is 9.97 Å². The van der Waals surface area contributed by atoms with Crippen molar-refractivity contribution in [2.45, 2.75) is 59.0 Å². The predicted molar refractivity (Wildman–Crippen MR) is 81.7 cm³/mol. The zero-order chi connectivity index (χ0) is 14.6. The highest BCUT2D eigenvalue weighted by Crippen LogP contribution is 2.46. The average Bonchev–Trinajstić information content (AvgIpc) is 2.42. The summed E-state index contributed by atoms with van der Waals surface area (Å²) in [5, 5.41) is 3.26. The molecule has 1 aromatic heterocycles. The SMILES string of the molecule is CCNc1ccnc(C2(OCC)CCC(C)(C)CC2)n1. The van der Waals surface area contributed by atoms with Gasteiger partial charge in [-0.25, -0.2) is 9.97 Å². The van der Waals surface area contributed by atoms with E-state index in [4.69, 9.17) is 4.74 Å². The third-order valence-corrected chi connectivity index (χ3v) is 4.25. The van der Waals surface area contributed by atoms with Crippen LogP contribution in [0.5, 0.6) is 0 Å². The summed E-state index contributed by atoms with van der Waals surface area (Å²) >= 11 is 0. The van der Waals surface area contributed by atoms with Gasteiger partial charge < -0.3 is 10.1 Å². The lowest BCUT2D eigenvalue weighted by Crippen LogP contribution is -2.39. The second kappa shape index (κ2) is 6.08. The van der Waals surface area contributed by atoms with Crippen molar-refractivity contribution in [3.05, 3.63) is 18.1 Å². The van der Waals surface area contributed by atoms with E-state index in [1.807, 2.05) is 12.3 Å². The monoisotopic (exact) mass is 277 g/mol. The van der Waals surface area contributed by atoms with Gasteiger partial charge in [-0.3, -0.25) is 0 Å². The molecule has 1 N–H and O–H groups in total.